The largest absolute Gasteiger partial charge is 0.481 e. The van der Waals surface area contributed by atoms with Crippen molar-refractivity contribution in [2.24, 2.45) is 5.92 Å². The van der Waals surface area contributed by atoms with Crippen molar-refractivity contribution in [2.75, 3.05) is 6.61 Å². The third-order valence-electron chi connectivity index (χ3n) is 4.81. The highest BCUT2D eigenvalue weighted by molar-refractivity contribution is 5.72. The van der Waals surface area contributed by atoms with Crippen LogP contribution in [0.25, 0.3) is 0 Å². The monoisotopic (exact) mass is 356 g/mol. The topological polar surface area (TPSA) is 63.6 Å². The molecule has 1 atom stereocenters. The van der Waals surface area contributed by atoms with Crippen molar-refractivity contribution in [3.63, 3.8) is 0 Å². The maximum Gasteiger partial charge on any atom is 0.308 e. The highest BCUT2D eigenvalue weighted by Gasteiger charge is 2.16. The molecular weight excluding hydrogens is 316 g/mol. The molecule has 0 amide bonds. The molecular formula is C21H40O4. The Hall–Kier alpha value is -1.06. The molecule has 0 radical (unpaired) electrons. The molecule has 25 heavy (non-hydrogen) atoms. The lowest BCUT2D eigenvalue weighted by Gasteiger charge is -2.13. The average molecular weight is 357 g/mol. The standard InChI is InChI=1S/C21H40O4/c1-3-19(21(24)25-4-2)17-15-13-11-9-7-5-6-8-10-12-14-16-18-20(22)23/h19H,3-18H2,1-2H3,(H,22,23). The van der Waals surface area contributed by atoms with Crippen LogP contribution in [0.15, 0.2) is 0 Å². The molecule has 148 valence electrons. The molecule has 0 saturated heterocycles. The van der Waals surface area contributed by atoms with Crippen LogP contribution in [0.4, 0.5) is 0 Å². The summed E-state index contributed by atoms with van der Waals surface area (Å²) in [6.45, 7) is 4.41. The fraction of sp³-hybridized carbons (Fsp3) is 0.905. The van der Waals surface area contributed by atoms with E-state index >= 15 is 0 Å². The summed E-state index contributed by atoms with van der Waals surface area (Å²) in [6.07, 6.45) is 16.6. The number of carbonyl (C=O) groups excluding carboxylic acids is 1. The van der Waals surface area contributed by atoms with E-state index < -0.39 is 5.97 Å². The van der Waals surface area contributed by atoms with E-state index in [9.17, 15) is 9.59 Å². The first-order valence-electron chi connectivity index (χ1n) is 10.5. The van der Waals surface area contributed by atoms with E-state index in [1.54, 1.807) is 0 Å². The van der Waals surface area contributed by atoms with Gasteiger partial charge in [-0.05, 0) is 26.2 Å². The van der Waals surface area contributed by atoms with Crippen molar-refractivity contribution in [2.45, 2.75) is 110 Å². The molecule has 0 aromatic rings. The van der Waals surface area contributed by atoms with Crippen LogP contribution >= 0.6 is 0 Å². The fourth-order valence-electron chi connectivity index (χ4n) is 3.18. The lowest BCUT2D eigenvalue weighted by Crippen LogP contribution is -2.16. The molecule has 0 fully saturated rings. The summed E-state index contributed by atoms with van der Waals surface area (Å²) in [5, 5.41) is 8.56. The lowest BCUT2D eigenvalue weighted by atomic mass is 9.98. The maximum absolute atomic E-state index is 11.7. The Morgan fingerprint density at radius 1 is 0.760 bits per heavy atom. The van der Waals surface area contributed by atoms with E-state index in [0.29, 0.717) is 13.0 Å². The van der Waals surface area contributed by atoms with Crippen molar-refractivity contribution in [3.8, 4) is 0 Å². The summed E-state index contributed by atoms with van der Waals surface area (Å²) in [6, 6.07) is 0. The SMILES string of the molecule is CCOC(=O)C(CC)CCCCCCCCCCCCCCC(=O)O. The summed E-state index contributed by atoms with van der Waals surface area (Å²) in [7, 11) is 0. The minimum atomic E-state index is -0.675. The molecule has 4 nitrogen and oxygen atoms in total. The third-order valence-corrected chi connectivity index (χ3v) is 4.81. The highest BCUT2D eigenvalue weighted by Crippen LogP contribution is 2.17. The number of carboxylic acids is 1. The molecule has 0 saturated carbocycles. The van der Waals surface area contributed by atoms with Gasteiger partial charge in [0.2, 0.25) is 0 Å². The molecule has 0 heterocycles. The van der Waals surface area contributed by atoms with E-state index in [2.05, 4.69) is 6.92 Å². The number of carboxylic acid groups (broad SMARTS) is 1. The van der Waals surface area contributed by atoms with Gasteiger partial charge < -0.3 is 9.84 Å². The summed E-state index contributed by atoms with van der Waals surface area (Å²) in [5.41, 5.74) is 0. The summed E-state index contributed by atoms with van der Waals surface area (Å²) in [4.78, 5) is 22.1. The van der Waals surface area contributed by atoms with E-state index in [1.165, 1.54) is 57.8 Å². The zero-order valence-electron chi connectivity index (χ0n) is 16.6. The van der Waals surface area contributed by atoms with Gasteiger partial charge in [0, 0.05) is 6.42 Å². The number of rotatable bonds is 18. The van der Waals surface area contributed by atoms with Crippen molar-refractivity contribution < 1.29 is 19.4 Å². The molecule has 0 bridgehead atoms. The normalized spacial score (nSPS) is 12.1. The van der Waals surface area contributed by atoms with Gasteiger partial charge in [0.05, 0.1) is 12.5 Å². The van der Waals surface area contributed by atoms with E-state index in [-0.39, 0.29) is 11.9 Å². The zero-order valence-corrected chi connectivity index (χ0v) is 16.6. The maximum atomic E-state index is 11.7. The van der Waals surface area contributed by atoms with Crippen LogP contribution in [0.5, 0.6) is 0 Å². The van der Waals surface area contributed by atoms with E-state index in [1.807, 2.05) is 6.92 Å². The van der Waals surface area contributed by atoms with Gasteiger partial charge in [-0.15, -0.1) is 0 Å². The Morgan fingerprint density at radius 3 is 1.60 bits per heavy atom. The van der Waals surface area contributed by atoms with Gasteiger partial charge in [-0.1, -0.05) is 77.6 Å². The number of hydrogen-bond acceptors (Lipinski definition) is 3. The van der Waals surface area contributed by atoms with Crippen molar-refractivity contribution in [1.82, 2.24) is 0 Å². The molecule has 0 rings (SSSR count). The first-order valence-corrected chi connectivity index (χ1v) is 10.5. The first kappa shape index (κ1) is 23.9. The van der Waals surface area contributed by atoms with Gasteiger partial charge in [-0.3, -0.25) is 9.59 Å². The molecule has 1 unspecified atom stereocenters. The van der Waals surface area contributed by atoms with Gasteiger partial charge in [-0.2, -0.15) is 0 Å². The highest BCUT2D eigenvalue weighted by atomic mass is 16.5. The van der Waals surface area contributed by atoms with Crippen LogP contribution in [0.3, 0.4) is 0 Å². The van der Waals surface area contributed by atoms with Gasteiger partial charge in [0.15, 0.2) is 0 Å². The summed E-state index contributed by atoms with van der Waals surface area (Å²) >= 11 is 0. The Labute approximate surface area is 154 Å². The van der Waals surface area contributed by atoms with E-state index in [0.717, 1.165) is 32.1 Å². The molecule has 0 aromatic carbocycles. The second kappa shape index (κ2) is 17.8. The van der Waals surface area contributed by atoms with Gasteiger partial charge >= 0.3 is 11.9 Å². The Balaban J connectivity index is 3.28. The van der Waals surface area contributed by atoms with Gasteiger partial charge in [0.25, 0.3) is 0 Å². The third kappa shape index (κ3) is 16.2. The van der Waals surface area contributed by atoms with Crippen molar-refractivity contribution in [1.29, 1.82) is 0 Å². The predicted molar refractivity (Wildman–Crippen MR) is 103 cm³/mol. The number of hydrogen-bond donors (Lipinski definition) is 1. The number of aliphatic carboxylic acids is 1. The second-order valence-corrected chi connectivity index (χ2v) is 7.03. The van der Waals surface area contributed by atoms with Crippen LogP contribution in [0.1, 0.15) is 110 Å². The van der Waals surface area contributed by atoms with Crippen LogP contribution in [-0.4, -0.2) is 23.7 Å². The molecule has 0 aliphatic rings. The number of unbranched alkanes of at least 4 members (excludes halogenated alkanes) is 11. The quantitative estimate of drug-likeness (QED) is 0.237. The molecule has 0 aliphatic heterocycles. The van der Waals surface area contributed by atoms with Gasteiger partial charge in [-0.25, -0.2) is 0 Å². The van der Waals surface area contributed by atoms with Crippen LogP contribution < -0.4 is 0 Å². The average Bonchev–Trinajstić information content (AvgIpc) is 2.58. The Bertz CT molecular complexity index is 328. The molecule has 0 spiro atoms. The predicted octanol–water partition coefficient (Wildman–Crippen LogP) is 6.12. The lowest BCUT2D eigenvalue weighted by molar-refractivity contribution is -0.148. The van der Waals surface area contributed by atoms with Crippen LogP contribution in [-0.2, 0) is 14.3 Å². The molecule has 0 aromatic heterocycles. The molecule has 0 aliphatic carbocycles. The number of esters is 1. The van der Waals surface area contributed by atoms with Crippen molar-refractivity contribution >= 4 is 11.9 Å². The smallest absolute Gasteiger partial charge is 0.308 e. The minimum absolute atomic E-state index is 0.0204. The van der Waals surface area contributed by atoms with E-state index in [4.69, 9.17) is 9.84 Å². The molecule has 4 heteroatoms. The first-order chi connectivity index (χ1) is 12.1. The minimum Gasteiger partial charge on any atom is -0.481 e. The number of ether oxygens (including phenoxy) is 1. The number of carbonyl (C=O) groups is 2. The van der Waals surface area contributed by atoms with Crippen LogP contribution in [0.2, 0.25) is 0 Å². The van der Waals surface area contributed by atoms with Crippen LogP contribution in [0, 0.1) is 5.92 Å². The Kier molecular flexibility index (Phi) is 17.0. The summed E-state index contributed by atoms with van der Waals surface area (Å²) < 4.78 is 5.10. The summed E-state index contributed by atoms with van der Waals surface area (Å²) in [5.74, 6) is -0.602. The fourth-order valence-corrected chi connectivity index (χ4v) is 3.18. The zero-order chi connectivity index (χ0) is 18.8. The molecule has 1 N–H and O–H groups in total. The Morgan fingerprint density at radius 2 is 1.20 bits per heavy atom. The van der Waals surface area contributed by atoms with Crippen molar-refractivity contribution in [3.05, 3.63) is 0 Å². The van der Waals surface area contributed by atoms with Gasteiger partial charge in [0.1, 0.15) is 0 Å². The second-order valence-electron chi connectivity index (χ2n) is 7.03.